The Hall–Kier alpha value is -1.00. The smallest absolute Gasteiger partial charge is 0.126 e. The van der Waals surface area contributed by atoms with E-state index in [4.69, 9.17) is 5.73 Å². The summed E-state index contributed by atoms with van der Waals surface area (Å²) in [5.41, 5.74) is 6.53. The van der Waals surface area contributed by atoms with Crippen LogP contribution in [-0.2, 0) is 0 Å². The van der Waals surface area contributed by atoms with Crippen LogP contribution in [0.15, 0.2) is 18.2 Å². The Morgan fingerprint density at radius 3 is 2.47 bits per heavy atom. The van der Waals surface area contributed by atoms with E-state index in [-0.39, 0.29) is 6.04 Å². The highest BCUT2D eigenvalue weighted by Gasteiger charge is 2.31. The second-order valence-electron chi connectivity index (χ2n) is 5.50. The Labute approximate surface area is 113 Å². The molecule has 1 aromatic carbocycles. The van der Waals surface area contributed by atoms with Crippen LogP contribution in [-0.4, -0.2) is 23.5 Å². The Morgan fingerprint density at radius 1 is 1.26 bits per heavy atom. The van der Waals surface area contributed by atoms with E-state index in [0.29, 0.717) is 24.2 Å². The molecule has 3 atom stereocenters. The number of rotatable bonds is 3. The number of nitrogens with two attached hydrogens (primary N) is 1. The lowest BCUT2D eigenvalue weighted by atomic mass is 9.92. The molecule has 4 heteroatoms. The summed E-state index contributed by atoms with van der Waals surface area (Å²) < 4.78 is 26.7. The normalized spacial score (nSPS) is 26.4. The van der Waals surface area contributed by atoms with Crippen LogP contribution in [0.1, 0.15) is 44.7 Å². The summed E-state index contributed by atoms with van der Waals surface area (Å²) in [4.78, 5) is 2.30. The molecule has 2 N–H and O–H groups in total. The summed E-state index contributed by atoms with van der Waals surface area (Å²) in [5, 5.41) is 0. The molecule has 1 saturated heterocycles. The maximum absolute atomic E-state index is 13.3. The van der Waals surface area contributed by atoms with Crippen LogP contribution in [0.4, 0.5) is 8.78 Å². The highest BCUT2D eigenvalue weighted by Crippen LogP contribution is 2.32. The number of hydrogen-bond acceptors (Lipinski definition) is 2. The highest BCUT2D eigenvalue weighted by molar-refractivity contribution is 5.21. The van der Waals surface area contributed by atoms with Crippen molar-refractivity contribution in [1.82, 2.24) is 4.90 Å². The molecular weight excluding hydrogens is 246 g/mol. The van der Waals surface area contributed by atoms with E-state index < -0.39 is 11.6 Å². The monoisotopic (exact) mass is 268 g/mol. The van der Waals surface area contributed by atoms with Crippen molar-refractivity contribution in [3.05, 3.63) is 35.4 Å². The third-order valence-corrected chi connectivity index (χ3v) is 4.18. The molecule has 1 aromatic rings. The van der Waals surface area contributed by atoms with Crippen LogP contribution in [0.25, 0.3) is 0 Å². The minimum absolute atomic E-state index is 0.0194. The maximum atomic E-state index is 13.3. The van der Waals surface area contributed by atoms with Crippen LogP contribution in [0, 0.1) is 11.6 Å². The van der Waals surface area contributed by atoms with Crippen LogP contribution in [0.2, 0.25) is 0 Å². The highest BCUT2D eigenvalue weighted by atomic mass is 19.1. The van der Waals surface area contributed by atoms with Gasteiger partial charge in [0.1, 0.15) is 11.6 Å². The number of likely N-dealkylation sites (tertiary alicyclic amines) is 1. The molecule has 19 heavy (non-hydrogen) atoms. The summed E-state index contributed by atoms with van der Waals surface area (Å²) >= 11 is 0. The number of piperidine rings is 1. The molecule has 1 heterocycles. The first-order valence-electron chi connectivity index (χ1n) is 6.96. The van der Waals surface area contributed by atoms with Crippen molar-refractivity contribution in [3.63, 3.8) is 0 Å². The molecule has 1 fully saturated rings. The van der Waals surface area contributed by atoms with Crippen LogP contribution in [0.5, 0.6) is 0 Å². The maximum Gasteiger partial charge on any atom is 0.126 e. The predicted molar refractivity (Wildman–Crippen MR) is 72.8 cm³/mol. The summed E-state index contributed by atoms with van der Waals surface area (Å²) in [6.45, 7) is 4.75. The molecule has 106 valence electrons. The first-order valence-corrected chi connectivity index (χ1v) is 6.96. The van der Waals surface area contributed by atoms with Crippen molar-refractivity contribution >= 4 is 0 Å². The van der Waals surface area contributed by atoms with Gasteiger partial charge < -0.3 is 5.73 Å². The molecule has 0 spiro atoms. The Balaban J connectivity index is 2.27. The van der Waals surface area contributed by atoms with Crippen LogP contribution in [0.3, 0.4) is 0 Å². The minimum atomic E-state index is -0.518. The molecule has 0 aliphatic carbocycles. The molecule has 0 saturated carbocycles. The third kappa shape index (κ3) is 3.12. The molecule has 0 bridgehead atoms. The Morgan fingerprint density at radius 2 is 1.89 bits per heavy atom. The first-order chi connectivity index (χ1) is 9.02. The van der Waals surface area contributed by atoms with Crippen molar-refractivity contribution in [2.45, 2.75) is 51.2 Å². The summed E-state index contributed by atoms with van der Waals surface area (Å²) in [6.07, 6.45) is 3.34. The summed E-state index contributed by atoms with van der Waals surface area (Å²) in [5.74, 6) is -1.04. The van der Waals surface area contributed by atoms with Gasteiger partial charge in [0.15, 0.2) is 0 Å². The lowest BCUT2D eigenvalue weighted by Crippen LogP contribution is -2.49. The van der Waals surface area contributed by atoms with E-state index in [0.717, 1.165) is 18.9 Å². The van der Waals surface area contributed by atoms with Crippen molar-refractivity contribution in [2.24, 2.45) is 5.73 Å². The second kappa shape index (κ2) is 5.97. The zero-order valence-electron chi connectivity index (χ0n) is 11.6. The van der Waals surface area contributed by atoms with E-state index in [1.165, 1.54) is 18.6 Å². The molecule has 1 aliphatic rings. The van der Waals surface area contributed by atoms with Crippen molar-refractivity contribution < 1.29 is 8.78 Å². The fourth-order valence-electron chi connectivity index (χ4n) is 3.23. The third-order valence-electron chi connectivity index (χ3n) is 4.18. The summed E-state index contributed by atoms with van der Waals surface area (Å²) in [6, 6.07) is 4.42. The molecule has 0 aromatic heterocycles. The first kappa shape index (κ1) is 14.4. The number of hydrogen-bond donors (Lipinski definition) is 1. The largest absolute Gasteiger partial charge is 0.329 e. The molecule has 2 rings (SSSR count). The van der Waals surface area contributed by atoms with E-state index >= 15 is 0 Å². The fraction of sp³-hybridized carbons (Fsp3) is 0.600. The second-order valence-corrected chi connectivity index (χ2v) is 5.50. The van der Waals surface area contributed by atoms with E-state index in [9.17, 15) is 8.78 Å². The van der Waals surface area contributed by atoms with Gasteiger partial charge in [0, 0.05) is 30.7 Å². The molecule has 0 radical (unpaired) electrons. The zero-order valence-corrected chi connectivity index (χ0v) is 11.6. The van der Waals surface area contributed by atoms with Crippen molar-refractivity contribution in [3.8, 4) is 0 Å². The van der Waals surface area contributed by atoms with E-state index in [1.807, 2.05) is 6.92 Å². The average Bonchev–Trinajstić information content (AvgIpc) is 2.36. The van der Waals surface area contributed by atoms with Crippen LogP contribution < -0.4 is 5.73 Å². The van der Waals surface area contributed by atoms with Gasteiger partial charge in [-0.15, -0.1) is 0 Å². The number of nitrogens with zero attached hydrogens (tertiary/aromatic N) is 1. The van der Waals surface area contributed by atoms with Gasteiger partial charge in [0.25, 0.3) is 0 Å². The number of halogens is 2. The quantitative estimate of drug-likeness (QED) is 0.912. The average molecular weight is 268 g/mol. The van der Waals surface area contributed by atoms with E-state index in [1.54, 1.807) is 0 Å². The van der Waals surface area contributed by atoms with Gasteiger partial charge in [-0.1, -0.05) is 6.42 Å². The van der Waals surface area contributed by atoms with Gasteiger partial charge in [-0.2, -0.15) is 0 Å². The lowest BCUT2D eigenvalue weighted by molar-refractivity contribution is 0.0568. The van der Waals surface area contributed by atoms with Gasteiger partial charge in [0.05, 0.1) is 0 Å². The number of benzene rings is 1. The van der Waals surface area contributed by atoms with Crippen molar-refractivity contribution in [1.29, 1.82) is 0 Å². The molecule has 0 amide bonds. The molecular formula is C15H22F2N2. The lowest BCUT2D eigenvalue weighted by Gasteiger charge is -2.44. The standard InChI is InChI=1S/C15H22F2N2/c1-10-4-3-5-15(9-18)19(10)11(2)12-6-13(16)8-14(17)7-12/h6-8,10-11,15H,3-5,9,18H2,1-2H3. The zero-order chi connectivity index (χ0) is 14.0. The Bertz CT molecular complexity index is 416. The molecule has 1 aliphatic heterocycles. The van der Waals surface area contributed by atoms with Gasteiger partial charge >= 0.3 is 0 Å². The van der Waals surface area contributed by atoms with Crippen LogP contribution >= 0.6 is 0 Å². The topological polar surface area (TPSA) is 29.3 Å². The fourth-order valence-corrected chi connectivity index (χ4v) is 3.23. The van der Waals surface area contributed by atoms with Gasteiger partial charge in [-0.3, -0.25) is 4.90 Å². The van der Waals surface area contributed by atoms with Crippen molar-refractivity contribution in [2.75, 3.05) is 6.54 Å². The van der Waals surface area contributed by atoms with Gasteiger partial charge in [-0.05, 0) is 44.4 Å². The van der Waals surface area contributed by atoms with Gasteiger partial charge in [-0.25, -0.2) is 8.78 Å². The Kier molecular flexibility index (Phi) is 4.53. The predicted octanol–water partition coefficient (Wildman–Crippen LogP) is 3.23. The molecule has 2 nitrogen and oxygen atoms in total. The minimum Gasteiger partial charge on any atom is -0.329 e. The van der Waals surface area contributed by atoms with E-state index in [2.05, 4.69) is 11.8 Å². The summed E-state index contributed by atoms with van der Waals surface area (Å²) in [7, 11) is 0. The molecule has 3 unspecified atom stereocenters. The van der Waals surface area contributed by atoms with Gasteiger partial charge in [0.2, 0.25) is 0 Å². The SMILES string of the molecule is CC1CCCC(CN)N1C(C)c1cc(F)cc(F)c1.